The van der Waals surface area contributed by atoms with E-state index in [1.165, 1.54) is 17.9 Å². The molecule has 0 aliphatic carbocycles. The lowest BCUT2D eigenvalue weighted by Gasteiger charge is -2.39. The normalized spacial score (nSPS) is 23.7. The van der Waals surface area contributed by atoms with Gasteiger partial charge in [0.05, 0.1) is 6.26 Å². The summed E-state index contributed by atoms with van der Waals surface area (Å²) in [5.41, 5.74) is 1.73. The van der Waals surface area contributed by atoms with Crippen molar-refractivity contribution in [2.45, 2.75) is 24.9 Å². The Morgan fingerprint density at radius 3 is 2.61 bits per heavy atom. The van der Waals surface area contributed by atoms with Crippen LogP contribution in [0.15, 0.2) is 71.3 Å². The van der Waals surface area contributed by atoms with E-state index >= 15 is 0 Å². The zero-order valence-corrected chi connectivity index (χ0v) is 17.1. The first-order valence-corrected chi connectivity index (χ1v) is 10.7. The number of likely N-dealkylation sites (tertiary alicyclic amines) is 2. The molecule has 0 unspecified atom stereocenters. The number of carbonyl (C=O) groups excluding carboxylic acids is 1. The van der Waals surface area contributed by atoms with Gasteiger partial charge in [0, 0.05) is 50.1 Å². The Bertz CT molecular complexity index is 1050. The summed E-state index contributed by atoms with van der Waals surface area (Å²) in [6, 6.07) is 17.7. The average Bonchev–Trinajstić information content (AvgIpc) is 3.43. The van der Waals surface area contributed by atoms with E-state index in [1.54, 1.807) is 23.1 Å². The highest BCUT2D eigenvalue weighted by atomic mass is 19.1. The molecule has 1 aromatic heterocycles. The van der Waals surface area contributed by atoms with Gasteiger partial charge < -0.3 is 9.32 Å². The third kappa shape index (κ3) is 3.88. The van der Waals surface area contributed by atoms with Crippen LogP contribution in [0, 0.1) is 17.6 Å². The van der Waals surface area contributed by atoms with Gasteiger partial charge in [-0.15, -0.1) is 0 Å². The van der Waals surface area contributed by atoms with E-state index in [0.29, 0.717) is 31.0 Å². The van der Waals surface area contributed by atoms with Gasteiger partial charge in [-0.2, -0.15) is 0 Å². The van der Waals surface area contributed by atoms with E-state index in [-0.39, 0.29) is 23.8 Å². The average molecular weight is 422 g/mol. The van der Waals surface area contributed by atoms with Crippen LogP contribution in [0.3, 0.4) is 0 Å². The fourth-order valence-electron chi connectivity index (χ4n) is 5.21. The van der Waals surface area contributed by atoms with Crippen LogP contribution >= 0.6 is 0 Å². The second kappa shape index (κ2) is 8.27. The Morgan fingerprint density at radius 1 is 1.03 bits per heavy atom. The number of nitrogens with zero attached hydrogens (tertiary/aromatic N) is 2. The van der Waals surface area contributed by atoms with Crippen LogP contribution in [0.1, 0.15) is 34.0 Å². The molecule has 1 amide bonds. The number of carbonyl (C=O) groups is 1. The van der Waals surface area contributed by atoms with Crippen LogP contribution in [0.2, 0.25) is 0 Å². The maximum Gasteiger partial charge on any atom is 0.289 e. The number of furan rings is 1. The lowest BCUT2D eigenvalue weighted by Crippen LogP contribution is -2.48. The zero-order valence-electron chi connectivity index (χ0n) is 17.1. The molecule has 0 saturated carbocycles. The van der Waals surface area contributed by atoms with E-state index in [0.717, 1.165) is 19.0 Å². The molecule has 0 radical (unpaired) electrons. The molecule has 2 aliphatic rings. The minimum Gasteiger partial charge on any atom is -0.459 e. The molecular formula is C25H24F2N2O2. The van der Waals surface area contributed by atoms with Crippen LogP contribution in [0.25, 0.3) is 0 Å². The van der Waals surface area contributed by atoms with Gasteiger partial charge >= 0.3 is 0 Å². The smallest absolute Gasteiger partial charge is 0.289 e. The van der Waals surface area contributed by atoms with E-state index in [9.17, 15) is 13.6 Å². The molecule has 3 atom stereocenters. The van der Waals surface area contributed by atoms with Crippen molar-refractivity contribution in [3.63, 3.8) is 0 Å². The monoisotopic (exact) mass is 422 g/mol. The van der Waals surface area contributed by atoms with Gasteiger partial charge in [0.15, 0.2) is 5.76 Å². The highest BCUT2D eigenvalue weighted by Crippen LogP contribution is 2.43. The van der Waals surface area contributed by atoms with Crippen LogP contribution in [-0.2, 0) is 6.54 Å². The Balaban J connectivity index is 1.44. The predicted octanol–water partition coefficient (Wildman–Crippen LogP) is 4.69. The molecule has 5 rings (SSSR count). The van der Waals surface area contributed by atoms with Crippen molar-refractivity contribution < 1.29 is 18.0 Å². The van der Waals surface area contributed by atoms with E-state index in [2.05, 4.69) is 17.0 Å². The summed E-state index contributed by atoms with van der Waals surface area (Å²) < 4.78 is 33.6. The second-order valence-corrected chi connectivity index (χ2v) is 8.44. The lowest BCUT2D eigenvalue weighted by atomic mass is 9.81. The van der Waals surface area contributed by atoms with Crippen molar-refractivity contribution in [3.05, 3.63) is 95.4 Å². The predicted molar refractivity (Wildman–Crippen MR) is 112 cm³/mol. The molecule has 3 aromatic rings. The van der Waals surface area contributed by atoms with Gasteiger partial charge in [-0.25, -0.2) is 8.78 Å². The molecule has 160 valence electrons. The van der Waals surface area contributed by atoms with Gasteiger partial charge in [-0.05, 0) is 35.7 Å². The van der Waals surface area contributed by atoms with Gasteiger partial charge in [-0.3, -0.25) is 9.69 Å². The van der Waals surface area contributed by atoms with Gasteiger partial charge in [0.25, 0.3) is 5.91 Å². The van der Waals surface area contributed by atoms with Crippen molar-refractivity contribution in [3.8, 4) is 0 Å². The van der Waals surface area contributed by atoms with Crippen molar-refractivity contribution in [2.75, 3.05) is 19.6 Å². The SMILES string of the molecule is O=C(c1ccco1)N1CC[C@@H]2[C@H](C1)[C@@H](c1ccc(F)cc1F)CN2Cc1ccccc1. The van der Waals surface area contributed by atoms with Crippen molar-refractivity contribution >= 4 is 5.91 Å². The standard InChI is InChI=1S/C25H24F2N2O2/c26-18-8-9-19(22(27)13-18)20-15-29(14-17-5-2-1-3-6-17)23-10-11-28(16-21(20)23)25(30)24-7-4-12-31-24/h1-9,12-13,20-21,23H,10-11,14-16H2/t20-,21-,23-/m1/s1. The van der Waals surface area contributed by atoms with Crippen molar-refractivity contribution in [1.29, 1.82) is 0 Å². The molecule has 2 aliphatic heterocycles. The van der Waals surface area contributed by atoms with E-state index in [4.69, 9.17) is 4.42 Å². The molecule has 31 heavy (non-hydrogen) atoms. The molecule has 0 bridgehead atoms. The van der Waals surface area contributed by atoms with Crippen molar-refractivity contribution in [1.82, 2.24) is 9.80 Å². The van der Waals surface area contributed by atoms with Crippen LogP contribution in [0.5, 0.6) is 0 Å². The van der Waals surface area contributed by atoms with Gasteiger partial charge in [0.2, 0.25) is 0 Å². The minimum absolute atomic E-state index is 0.0661. The molecule has 0 spiro atoms. The summed E-state index contributed by atoms with van der Waals surface area (Å²) in [6.45, 7) is 2.60. The summed E-state index contributed by atoms with van der Waals surface area (Å²) >= 11 is 0. The first-order valence-electron chi connectivity index (χ1n) is 10.7. The lowest BCUT2D eigenvalue weighted by molar-refractivity contribution is 0.0554. The summed E-state index contributed by atoms with van der Waals surface area (Å²) in [7, 11) is 0. The number of rotatable bonds is 4. The number of fused-ring (bicyclic) bond motifs is 1. The maximum atomic E-state index is 14.7. The third-order valence-corrected chi connectivity index (χ3v) is 6.65. The third-order valence-electron chi connectivity index (χ3n) is 6.65. The largest absolute Gasteiger partial charge is 0.459 e. The highest BCUT2D eigenvalue weighted by molar-refractivity contribution is 5.91. The Kier molecular flexibility index (Phi) is 5.32. The molecule has 2 fully saturated rings. The number of piperidine rings is 1. The summed E-state index contributed by atoms with van der Waals surface area (Å²) in [5, 5.41) is 0. The number of hydrogen-bond acceptors (Lipinski definition) is 3. The fraction of sp³-hybridized carbons (Fsp3) is 0.320. The maximum absolute atomic E-state index is 14.7. The molecule has 2 saturated heterocycles. The zero-order chi connectivity index (χ0) is 21.4. The topological polar surface area (TPSA) is 36.7 Å². The van der Waals surface area contributed by atoms with E-state index in [1.807, 2.05) is 18.2 Å². The highest BCUT2D eigenvalue weighted by Gasteiger charge is 2.46. The molecular weight excluding hydrogens is 398 g/mol. The number of amides is 1. The number of halogens is 2. The number of hydrogen-bond donors (Lipinski definition) is 0. The summed E-state index contributed by atoms with van der Waals surface area (Å²) in [4.78, 5) is 17.1. The van der Waals surface area contributed by atoms with Crippen LogP contribution in [-0.4, -0.2) is 41.4 Å². The van der Waals surface area contributed by atoms with Gasteiger partial charge in [-0.1, -0.05) is 36.4 Å². The Labute approximate surface area is 180 Å². The van der Waals surface area contributed by atoms with Crippen LogP contribution in [0.4, 0.5) is 8.78 Å². The summed E-state index contributed by atoms with van der Waals surface area (Å²) in [5.74, 6) is -0.946. The van der Waals surface area contributed by atoms with E-state index < -0.39 is 11.6 Å². The van der Waals surface area contributed by atoms with Crippen molar-refractivity contribution in [2.24, 2.45) is 5.92 Å². The minimum atomic E-state index is -0.574. The summed E-state index contributed by atoms with van der Waals surface area (Å²) in [6.07, 6.45) is 2.30. The molecule has 0 N–H and O–H groups in total. The van der Waals surface area contributed by atoms with Gasteiger partial charge in [0.1, 0.15) is 11.6 Å². The molecule has 3 heterocycles. The Morgan fingerprint density at radius 2 is 1.87 bits per heavy atom. The quantitative estimate of drug-likeness (QED) is 0.612. The molecule has 6 heteroatoms. The molecule has 4 nitrogen and oxygen atoms in total. The molecule has 2 aromatic carbocycles. The first-order chi connectivity index (χ1) is 15.1. The first kappa shape index (κ1) is 19.9. The second-order valence-electron chi connectivity index (χ2n) is 8.44. The fourth-order valence-corrected chi connectivity index (χ4v) is 5.21. The van der Waals surface area contributed by atoms with Crippen LogP contribution < -0.4 is 0 Å². The number of benzene rings is 2. The Hall–Kier alpha value is -2.99.